The van der Waals surface area contributed by atoms with Gasteiger partial charge in [0.15, 0.2) is 0 Å². The van der Waals surface area contributed by atoms with Crippen molar-refractivity contribution >= 4 is 6.09 Å². The highest BCUT2D eigenvalue weighted by Gasteiger charge is 2.16. The zero-order valence-corrected chi connectivity index (χ0v) is 12.9. The topological polar surface area (TPSA) is 47.6 Å². The molecule has 1 aromatic carbocycles. The predicted octanol–water partition coefficient (Wildman–Crippen LogP) is 3.75. The number of nitrogens with one attached hydrogen (secondary N) is 1. The zero-order valence-electron chi connectivity index (χ0n) is 12.9. The van der Waals surface area contributed by atoms with E-state index in [1.54, 1.807) is 20.8 Å². The summed E-state index contributed by atoms with van der Waals surface area (Å²) in [6, 6.07) is 7.44. The molecule has 21 heavy (non-hydrogen) atoms. The predicted molar refractivity (Wildman–Crippen MR) is 80.1 cm³/mol. The first-order valence-corrected chi connectivity index (χ1v) is 6.74. The molecule has 5 heteroatoms. The third-order valence-electron chi connectivity index (χ3n) is 2.46. The molecule has 0 fully saturated rings. The van der Waals surface area contributed by atoms with Gasteiger partial charge in [0.05, 0.1) is 6.33 Å². The average molecular weight is 295 g/mol. The van der Waals surface area contributed by atoms with Crippen LogP contribution in [0.1, 0.15) is 26.3 Å². The van der Waals surface area contributed by atoms with Crippen LogP contribution in [0.15, 0.2) is 36.2 Å². The van der Waals surface area contributed by atoms with Crippen molar-refractivity contribution in [3.63, 3.8) is 0 Å². The van der Waals surface area contributed by atoms with Crippen molar-refractivity contribution in [2.45, 2.75) is 33.3 Å². The first-order valence-electron chi connectivity index (χ1n) is 6.74. The van der Waals surface area contributed by atoms with Gasteiger partial charge >= 0.3 is 6.09 Å². The summed E-state index contributed by atoms with van der Waals surface area (Å²) >= 11 is 0. The molecule has 116 valence electrons. The summed E-state index contributed by atoms with van der Waals surface area (Å²) in [5, 5.41) is 2.49. The molecule has 1 rings (SSSR count). The monoisotopic (exact) mass is 295 g/mol. The number of hydrogen-bond donors (Lipinski definition) is 1. The zero-order chi connectivity index (χ0) is 15.9. The summed E-state index contributed by atoms with van der Waals surface area (Å²) in [7, 11) is 0. The number of amides is 1. The minimum absolute atomic E-state index is 0.0390. The molecule has 1 amide bonds. The van der Waals surface area contributed by atoms with Crippen LogP contribution in [0.2, 0.25) is 0 Å². The number of alkyl carbamates (subject to hydrolysis) is 1. The van der Waals surface area contributed by atoms with Gasteiger partial charge in [-0.1, -0.05) is 17.7 Å². The maximum Gasteiger partial charge on any atom is 0.407 e. The molecule has 0 atom stereocenters. The van der Waals surface area contributed by atoms with Crippen molar-refractivity contribution in [2.75, 3.05) is 13.2 Å². The molecule has 0 saturated carbocycles. The molecule has 0 aliphatic carbocycles. The van der Waals surface area contributed by atoms with Gasteiger partial charge in [-0.2, -0.15) is 0 Å². The summed E-state index contributed by atoms with van der Waals surface area (Å²) < 4.78 is 23.3. The standard InChI is InChI=1S/C16H22FNO3/c1-12-5-7-14(8-6-12)20-11-13(9-17)10-18-15(19)21-16(2,3)4/h5-9H,10-11H2,1-4H3,(H,18,19)/b13-9+. The lowest BCUT2D eigenvalue weighted by molar-refractivity contribution is 0.0531. The van der Waals surface area contributed by atoms with E-state index in [0.717, 1.165) is 5.56 Å². The molecule has 0 heterocycles. The third kappa shape index (κ3) is 7.34. The molecule has 1 aromatic rings. The van der Waals surface area contributed by atoms with Crippen LogP contribution in [0.25, 0.3) is 0 Å². The molecule has 0 radical (unpaired) electrons. The summed E-state index contributed by atoms with van der Waals surface area (Å²) in [6.07, 6.45) is -0.150. The summed E-state index contributed by atoms with van der Waals surface area (Å²) in [5.41, 5.74) is 0.860. The number of halogens is 1. The molecule has 4 nitrogen and oxygen atoms in total. The Hall–Kier alpha value is -2.04. The fraction of sp³-hybridized carbons (Fsp3) is 0.438. The van der Waals surface area contributed by atoms with Gasteiger partial charge in [0, 0.05) is 12.1 Å². The maximum absolute atomic E-state index is 12.8. The van der Waals surface area contributed by atoms with E-state index >= 15 is 0 Å². The maximum atomic E-state index is 12.8. The number of rotatable bonds is 5. The normalized spacial score (nSPS) is 12.0. The van der Waals surface area contributed by atoms with Crippen LogP contribution in [0.4, 0.5) is 9.18 Å². The van der Waals surface area contributed by atoms with Crippen molar-refractivity contribution in [2.24, 2.45) is 0 Å². The first kappa shape index (κ1) is 17.0. The lowest BCUT2D eigenvalue weighted by Crippen LogP contribution is -2.34. The second-order valence-electron chi connectivity index (χ2n) is 5.72. The quantitative estimate of drug-likeness (QED) is 0.900. The van der Waals surface area contributed by atoms with Crippen molar-refractivity contribution < 1.29 is 18.7 Å². The largest absolute Gasteiger partial charge is 0.489 e. The second kappa shape index (κ2) is 7.67. The Balaban J connectivity index is 2.39. The van der Waals surface area contributed by atoms with Crippen LogP contribution >= 0.6 is 0 Å². The molecule has 0 spiro atoms. The minimum atomic E-state index is -0.586. The van der Waals surface area contributed by atoms with E-state index in [0.29, 0.717) is 17.7 Å². The SMILES string of the molecule is Cc1ccc(OC/C(=C/F)CNC(=O)OC(C)(C)C)cc1. The van der Waals surface area contributed by atoms with E-state index in [-0.39, 0.29) is 13.2 Å². The third-order valence-corrected chi connectivity index (χ3v) is 2.46. The molecule has 0 bridgehead atoms. The fourth-order valence-electron chi connectivity index (χ4n) is 1.43. The minimum Gasteiger partial charge on any atom is -0.489 e. The van der Waals surface area contributed by atoms with E-state index in [4.69, 9.17) is 9.47 Å². The van der Waals surface area contributed by atoms with Gasteiger partial charge in [0.2, 0.25) is 0 Å². The van der Waals surface area contributed by atoms with Gasteiger partial charge < -0.3 is 14.8 Å². The van der Waals surface area contributed by atoms with Crippen molar-refractivity contribution in [3.05, 3.63) is 41.7 Å². The molecule has 0 aliphatic rings. The lowest BCUT2D eigenvalue weighted by Gasteiger charge is -2.20. The second-order valence-corrected chi connectivity index (χ2v) is 5.72. The highest BCUT2D eigenvalue weighted by atomic mass is 19.1. The Kier molecular flexibility index (Phi) is 6.21. The molecular formula is C16H22FNO3. The van der Waals surface area contributed by atoms with Crippen molar-refractivity contribution in [1.29, 1.82) is 0 Å². The summed E-state index contributed by atoms with van der Waals surface area (Å²) in [6.45, 7) is 7.37. The van der Waals surface area contributed by atoms with Gasteiger partial charge in [-0.05, 0) is 39.8 Å². The van der Waals surface area contributed by atoms with Crippen LogP contribution < -0.4 is 10.1 Å². The van der Waals surface area contributed by atoms with E-state index in [1.165, 1.54) is 0 Å². The smallest absolute Gasteiger partial charge is 0.407 e. The van der Waals surface area contributed by atoms with Crippen LogP contribution in [-0.4, -0.2) is 24.8 Å². The molecule has 0 aromatic heterocycles. The van der Waals surface area contributed by atoms with Crippen LogP contribution in [0.3, 0.4) is 0 Å². The van der Waals surface area contributed by atoms with E-state index in [9.17, 15) is 9.18 Å². The van der Waals surface area contributed by atoms with E-state index in [1.807, 2.05) is 31.2 Å². The number of aryl methyl sites for hydroxylation is 1. The Morgan fingerprint density at radius 2 is 1.90 bits per heavy atom. The lowest BCUT2D eigenvalue weighted by atomic mass is 10.2. The van der Waals surface area contributed by atoms with Crippen LogP contribution in [0, 0.1) is 6.92 Å². The Labute approximate surface area is 124 Å². The van der Waals surface area contributed by atoms with Gasteiger partial charge in [0.1, 0.15) is 18.0 Å². The Bertz CT molecular complexity index is 489. The number of carbonyl (C=O) groups is 1. The van der Waals surface area contributed by atoms with Gasteiger partial charge in [-0.3, -0.25) is 0 Å². The van der Waals surface area contributed by atoms with Crippen LogP contribution in [0.5, 0.6) is 5.75 Å². The fourth-order valence-corrected chi connectivity index (χ4v) is 1.43. The van der Waals surface area contributed by atoms with E-state index in [2.05, 4.69) is 5.32 Å². The Morgan fingerprint density at radius 1 is 1.29 bits per heavy atom. The average Bonchev–Trinajstić information content (AvgIpc) is 2.39. The summed E-state index contributed by atoms with van der Waals surface area (Å²) in [5.74, 6) is 0.650. The number of ether oxygens (including phenoxy) is 2. The summed E-state index contributed by atoms with van der Waals surface area (Å²) in [4.78, 5) is 11.5. The Morgan fingerprint density at radius 3 is 2.43 bits per heavy atom. The number of benzene rings is 1. The molecule has 0 unspecified atom stereocenters. The van der Waals surface area contributed by atoms with Gasteiger partial charge in [-0.25, -0.2) is 9.18 Å². The first-order chi connectivity index (χ1) is 9.80. The number of hydrogen-bond acceptors (Lipinski definition) is 3. The van der Waals surface area contributed by atoms with Gasteiger partial charge in [0.25, 0.3) is 0 Å². The molecular weight excluding hydrogens is 273 g/mol. The van der Waals surface area contributed by atoms with Crippen LogP contribution in [-0.2, 0) is 4.74 Å². The van der Waals surface area contributed by atoms with Crippen molar-refractivity contribution in [3.8, 4) is 5.75 Å². The van der Waals surface area contributed by atoms with Crippen molar-refractivity contribution in [1.82, 2.24) is 5.32 Å². The highest BCUT2D eigenvalue weighted by molar-refractivity contribution is 5.68. The van der Waals surface area contributed by atoms with E-state index < -0.39 is 11.7 Å². The number of carbonyl (C=O) groups excluding carboxylic acids is 1. The molecule has 0 saturated heterocycles. The molecule has 0 aliphatic heterocycles. The molecule has 1 N–H and O–H groups in total. The van der Waals surface area contributed by atoms with Gasteiger partial charge in [-0.15, -0.1) is 0 Å². The highest BCUT2D eigenvalue weighted by Crippen LogP contribution is 2.12.